The van der Waals surface area contributed by atoms with Crippen LogP contribution in [-0.2, 0) is 4.43 Å². The molecular formula is C12H26O2Si. The van der Waals surface area contributed by atoms with E-state index in [1.165, 1.54) is 12.8 Å². The predicted octanol–water partition coefficient (Wildman–Crippen LogP) is 3.17. The summed E-state index contributed by atoms with van der Waals surface area (Å²) < 4.78 is 6.02. The van der Waals surface area contributed by atoms with E-state index in [0.717, 1.165) is 13.0 Å². The van der Waals surface area contributed by atoms with Crippen LogP contribution >= 0.6 is 0 Å². The zero-order valence-corrected chi connectivity index (χ0v) is 11.8. The molecular weight excluding hydrogens is 204 g/mol. The standard InChI is InChI=1S/C12H26O2Si/c1-12(2,3)15(4,5)14-9-8-11(13)10-6-7-10/h10-11,13H,6-9H2,1-5H3. The lowest BCUT2D eigenvalue weighted by molar-refractivity contribution is 0.116. The topological polar surface area (TPSA) is 29.5 Å². The fourth-order valence-electron chi connectivity index (χ4n) is 1.37. The summed E-state index contributed by atoms with van der Waals surface area (Å²) in [5.74, 6) is 0.577. The number of hydrogen-bond donors (Lipinski definition) is 1. The summed E-state index contributed by atoms with van der Waals surface area (Å²) in [6.45, 7) is 12.0. The molecule has 0 aromatic carbocycles. The number of rotatable bonds is 5. The fourth-order valence-corrected chi connectivity index (χ4v) is 2.43. The van der Waals surface area contributed by atoms with Gasteiger partial charge in [0, 0.05) is 6.61 Å². The monoisotopic (exact) mass is 230 g/mol. The zero-order chi connectivity index (χ0) is 11.7. The molecule has 1 atom stereocenters. The third-order valence-corrected chi connectivity index (χ3v) is 8.39. The highest BCUT2D eigenvalue weighted by molar-refractivity contribution is 6.74. The number of hydrogen-bond acceptors (Lipinski definition) is 2. The van der Waals surface area contributed by atoms with Crippen LogP contribution in [0.2, 0.25) is 18.1 Å². The summed E-state index contributed by atoms with van der Waals surface area (Å²) in [6.07, 6.45) is 3.12. The maximum Gasteiger partial charge on any atom is 0.191 e. The van der Waals surface area contributed by atoms with Crippen molar-refractivity contribution >= 4 is 8.32 Å². The van der Waals surface area contributed by atoms with Crippen molar-refractivity contribution in [3.63, 3.8) is 0 Å². The lowest BCUT2D eigenvalue weighted by Gasteiger charge is -2.36. The van der Waals surface area contributed by atoms with E-state index in [1.54, 1.807) is 0 Å². The van der Waals surface area contributed by atoms with Crippen molar-refractivity contribution in [2.75, 3.05) is 6.61 Å². The molecule has 1 rings (SSSR count). The molecule has 0 bridgehead atoms. The zero-order valence-electron chi connectivity index (χ0n) is 10.8. The summed E-state index contributed by atoms with van der Waals surface area (Å²) in [7, 11) is -1.60. The Bertz CT molecular complexity index is 204. The minimum atomic E-state index is -1.60. The van der Waals surface area contributed by atoms with Gasteiger partial charge < -0.3 is 9.53 Å². The molecule has 0 heterocycles. The van der Waals surface area contributed by atoms with Crippen LogP contribution in [0.15, 0.2) is 0 Å². The first-order valence-electron chi connectivity index (χ1n) is 6.06. The predicted molar refractivity (Wildman–Crippen MR) is 66.5 cm³/mol. The Morgan fingerprint density at radius 1 is 1.33 bits per heavy atom. The van der Waals surface area contributed by atoms with Crippen molar-refractivity contribution < 1.29 is 9.53 Å². The summed E-state index contributed by atoms with van der Waals surface area (Å²) in [4.78, 5) is 0. The Morgan fingerprint density at radius 2 is 1.87 bits per heavy atom. The first-order valence-corrected chi connectivity index (χ1v) is 8.97. The average Bonchev–Trinajstić information content (AvgIpc) is 2.83. The van der Waals surface area contributed by atoms with Crippen molar-refractivity contribution in [3.05, 3.63) is 0 Å². The second-order valence-electron chi connectivity index (χ2n) is 6.30. The highest BCUT2D eigenvalue weighted by atomic mass is 28.4. The molecule has 0 spiro atoms. The Morgan fingerprint density at radius 3 is 2.27 bits per heavy atom. The molecule has 15 heavy (non-hydrogen) atoms. The Hall–Kier alpha value is 0.137. The van der Waals surface area contributed by atoms with E-state index in [0.29, 0.717) is 5.92 Å². The van der Waals surface area contributed by atoms with E-state index in [1.807, 2.05) is 0 Å². The largest absolute Gasteiger partial charge is 0.417 e. The van der Waals surface area contributed by atoms with Gasteiger partial charge in [-0.05, 0) is 43.3 Å². The summed E-state index contributed by atoms with van der Waals surface area (Å²) in [6, 6.07) is 0. The Balaban J connectivity index is 2.23. The Kier molecular flexibility index (Phi) is 4.01. The summed E-state index contributed by atoms with van der Waals surface area (Å²) in [5, 5.41) is 10.00. The minimum absolute atomic E-state index is 0.116. The molecule has 1 N–H and O–H groups in total. The van der Waals surface area contributed by atoms with Gasteiger partial charge in [0.05, 0.1) is 6.10 Å². The van der Waals surface area contributed by atoms with Crippen LogP contribution in [0, 0.1) is 5.92 Å². The first kappa shape index (κ1) is 13.2. The van der Waals surface area contributed by atoms with Gasteiger partial charge in [0.2, 0.25) is 0 Å². The molecule has 0 aliphatic heterocycles. The molecule has 1 aliphatic rings. The number of aliphatic hydroxyl groups excluding tert-OH is 1. The van der Waals surface area contributed by atoms with Crippen LogP contribution in [0.25, 0.3) is 0 Å². The number of aliphatic hydroxyl groups is 1. The van der Waals surface area contributed by atoms with Gasteiger partial charge in [-0.15, -0.1) is 0 Å². The lowest BCUT2D eigenvalue weighted by Crippen LogP contribution is -2.41. The van der Waals surface area contributed by atoms with Crippen molar-refractivity contribution in [2.45, 2.75) is 64.3 Å². The van der Waals surface area contributed by atoms with Gasteiger partial charge in [-0.2, -0.15) is 0 Å². The van der Waals surface area contributed by atoms with Crippen molar-refractivity contribution in [3.8, 4) is 0 Å². The van der Waals surface area contributed by atoms with E-state index in [4.69, 9.17) is 4.43 Å². The quantitative estimate of drug-likeness (QED) is 0.735. The van der Waals surface area contributed by atoms with E-state index in [-0.39, 0.29) is 11.1 Å². The van der Waals surface area contributed by atoms with Crippen LogP contribution in [0.3, 0.4) is 0 Å². The maximum atomic E-state index is 9.72. The second kappa shape index (κ2) is 4.56. The lowest BCUT2D eigenvalue weighted by atomic mass is 10.2. The van der Waals surface area contributed by atoms with Gasteiger partial charge in [0.1, 0.15) is 0 Å². The third-order valence-electron chi connectivity index (χ3n) is 3.85. The van der Waals surface area contributed by atoms with Gasteiger partial charge in [0.25, 0.3) is 0 Å². The van der Waals surface area contributed by atoms with E-state index < -0.39 is 8.32 Å². The van der Waals surface area contributed by atoms with Gasteiger partial charge >= 0.3 is 0 Å². The van der Waals surface area contributed by atoms with Gasteiger partial charge in [-0.1, -0.05) is 20.8 Å². The van der Waals surface area contributed by atoms with Crippen LogP contribution in [0.1, 0.15) is 40.0 Å². The Labute approximate surface area is 95.2 Å². The smallest absolute Gasteiger partial charge is 0.191 e. The summed E-state index contributed by atoms with van der Waals surface area (Å²) >= 11 is 0. The van der Waals surface area contributed by atoms with Crippen molar-refractivity contribution in [1.82, 2.24) is 0 Å². The van der Waals surface area contributed by atoms with Crippen LogP contribution in [-0.4, -0.2) is 26.1 Å². The molecule has 0 amide bonds. The van der Waals surface area contributed by atoms with E-state index in [2.05, 4.69) is 33.9 Å². The third kappa shape index (κ3) is 3.89. The van der Waals surface area contributed by atoms with Gasteiger partial charge in [0.15, 0.2) is 8.32 Å². The molecule has 1 aliphatic carbocycles. The average molecular weight is 230 g/mol. The minimum Gasteiger partial charge on any atom is -0.417 e. The van der Waals surface area contributed by atoms with Crippen molar-refractivity contribution in [2.24, 2.45) is 5.92 Å². The van der Waals surface area contributed by atoms with Crippen LogP contribution < -0.4 is 0 Å². The van der Waals surface area contributed by atoms with Crippen LogP contribution in [0.4, 0.5) is 0 Å². The van der Waals surface area contributed by atoms with Gasteiger partial charge in [-0.25, -0.2) is 0 Å². The van der Waals surface area contributed by atoms with E-state index >= 15 is 0 Å². The summed E-state index contributed by atoms with van der Waals surface area (Å²) in [5.41, 5.74) is 0. The normalized spacial score (nSPS) is 20.4. The molecule has 90 valence electrons. The molecule has 0 aromatic rings. The molecule has 0 aromatic heterocycles. The first-order chi connectivity index (χ1) is 6.74. The van der Waals surface area contributed by atoms with Crippen molar-refractivity contribution in [1.29, 1.82) is 0 Å². The highest BCUT2D eigenvalue weighted by Gasteiger charge is 2.37. The molecule has 2 nitrogen and oxygen atoms in total. The molecule has 1 unspecified atom stereocenters. The molecule has 0 radical (unpaired) electrons. The highest BCUT2D eigenvalue weighted by Crippen LogP contribution is 2.37. The second-order valence-corrected chi connectivity index (χ2v) is 11.1. The van der Waals surface area contributed by atoms with E-state index in [9.17, 15) is 5.11 Å². The fraction of sp³-hybridized carbons (Fsp3) is 1.00. The maximum absolute atomic E-state index is 9.72. The molecule has 1 saturated carbocycles. The molecule has 1 fully saturated rings. The molecule has 3 heteroatoms. The SMILES string of the molecule is CC(C)(C)[Si](C)(C)OCCC(O)C1CC1. The van der Waals surface area contributed by atoms with Crippen LogP contribution in [0.5, 0.6) is 0 Å². The molecule has 0 saturated heterocycles. The van der Waals surface area contributed by atoms with Gasteiger partial charge in [-0.3, -0.25) is 0 Å².